The van der Waals surface area contributed by atoms with Gasteiger partial charge in [0.1, 0.15) is 11.1 Å². The number of halogens is 1. The number of rotatable bonds is 8. The highest BCUT2D eigenvalue weighted by Gasteiger charge is 2.41. The Morgan fingerprint density at radius 3 is 2.49 bits per heavy atom. The smallest absolute Gasteiger partial charge is 0.297 e. The summed E-state index contributed by atoms with van der Waals surface area (Å²) in [6, 6.07) is 15.0. The van der Waals surface area contributed by atoms with Crippen LogP contribution in [0.3, 0.4) is 0 Å². The lowest BCUT2D eigenvalue weighted by atomic mass is 10.1. The highest BCUT2D eigenvalue weighted by molar-refractivity contribution is 8.15. The molecule has 2 heterocycles. The number of carbonyl (C=O) groups is 2. The molecule has 0 aliphatic carbocycles. The minimum absolute atomic E-state index is 0.0643. The number of nitrogens with zero attached hydrogens (tertiary/aromatic N) is 4. The summed E-state index contributed by atoms with van der Waals surface area (Å²) in [7, 11) is 1.79. The third-order valence-corrected chi connectivity index (χ3v) is 7.52. The molecule has 0 spiro atoms. The van der Waals surface area contributed by atoms with Crippen LogP contribution >= 0.6 is 11.8 Å². The minimum atomic E-state index is -0.731. The summed E-state index contributed by atoms with van der Waals surface area (Å²) in [5.41, 5.74) is 1.37. The van der Waals surface area contributed by atoms with E-state index in [0.29, 0.717) is 16.5 Å². The van der Waals surface area contributed by atoms with Crippen molar-refractivity contribution in [3.63, 3.8) is 0 Å². The summed E-state index contributed by atoms with van der Waals surface area (Å²) in [4.78, 5) is 45.8. The molecular formula is C27H30FN5O3S. The normalized spacial score (nSPS) is 17.4. The number of benzene rings is 2. The van der Waals surface area contributed by atoms with Gasteiger partial charge in [-0.05, 0) is 44.5 Å². The zero-order valence-corrected chi connectivity index (χ0v) is 22.1. The standard InChI is InChI=1S/C27H30FN5O3S/c1-5-11-17(2)32-25(35)22(16-23(34)29-21-15-10-9-14-20(21)28)37-27(32)30-24-18(3)31(4)33(26(24)36)19-12-7-6-8-13-19/h6-10,12-15,17,22H,5,11,16H2,1-4H3,(H,29,34). The number of amidine groups is 1. The van der Waals surface area contributed by atoms with E-state index in [9.17, 15) is 18.8 Å². The quantitative estimate of drug-likeness (QED) is 0.461. The molecule has 4 rings (SSSR count). The fourth-order valence-electron chi connectivity index (χ4n) is 4.36. The number of aromatic nitrogens is 2. The van der Waals surface area contributed by atoms with Crippen molar-refractivity contribution in [2.24, 2.45) is 12.0 Å². The van der Waals surface area contributed by atoms with Crippen LogP contribution in [0.5, 0.6) is 0 Å². The number of nitrogens with one attached hydrogen (secondary N) is 1. The van der Waals surface area contributed by atoms with Gasteiger partial charge >= 0.3 is 0 Å². The van der Waals surface area contributed by atoms with Gasteiger partial charge in [-0.1, -0.05) is 55.4 Å². The number of carbonyl (C=O) groups excluding carboxylic acids is 2. The number of para-hydroxylation sites is 2. The van der Waals surface area contributed by atoms with Gasteiger partial charge in [-0.2, -0.15) is 0 Å². The average Bonchev–Trinajstić information content (AvgIpc) is 3.28. The Morgan fingerprint density at radius 1 is 1.14 bits per heavy atom. The molecule has 1 saturated heterocycles. The number of amides is 2. The van der Waals surface area contributed by atoms with Crippen molar-refractivity contribution >= 4 is 40.1 Å². The summed E-state index contributed by atoms with van der Waals surface area (Å²) in [5.74, 6) is -1.26. The first kappa shape index (κ1) is 26.4. The molecule has 2 aromatic carbocycles. The lowest BCUT2D eigenvalue weighted by Crippen LogP contribution is -2.40. The highest BCUT2D eigenvalue weighted by atomic mass is 32.2. The highest BCUT2D eigenvalue weighted by Crippen LogP contribution is 2.34. The van der Waals surface area contributed by atoms with E-state index >= 15 is 0 Å². The molecule has 3 aromatic rings. The summed E-state index contributed by atoms with van der Waals surface area (Å²) < 4.78 is 17.3. The Morgan fingerprint density at radius 2 is 1.81 bits per heavy atom. The number of anilines is 1. The van der Waals surface area contributed by atoms with Gasteiger partial charge in [0.05, 0.1) is 17.1 Å². The maximum Gasteiger partial charge on any atom is 0.297 e. The van der Waals surface area contributed by atoms with E-state index < -0.39 is 17.0 Å². The Hall–Kier alpha value is -3.66. The molecule has 8 nitrogen and oxygen atoms in total. The first-order valence-electron chi connectivity index (χ1n) is 12.2. The second-order valence-electron chi connectivity index (χ2n) is 8.99. The van der Waals surface area contributed by atoms with Crippen molar-refractivity contribution in [1.82, 2.24) is 14.3 Å². The van der Waals surface area contributed by atoms with E-state index in [0.717, 1.165) is 24.6 Å². The van der Waals surface area contributed by atoms with Gasteiger partial charge in [-0.25, -0.2) is 14.1 Å². The Balaban J connectivity index is 1.66. The number of aliphatic imine (C=N–C) groups is 1. The van der Waals surface area contributed by atoms with Crippen molar-refractivity contribution in [2.45, 2.75) is 51.3 Å². The van der Waals surface area contributed by atoms with Crippen molar-refractivity contribution in [3.05, 3.63) is 76.5 Å². The minimum Gasteiger partial charge on any atom is -0.324 e. The van der Waals surface area contributed by atoms with Crippen LogP contribution in [-0.2, 0) is 16.6 Å². The zero-order chi connectivity index (χ0) is 26.7. The SMILES string of the molecule is CCCC(C)N1C(=O)C(CC(=O)Nc2ccccc2F)SC1=Nc1c(C)n(C)n(-c2ccccc2)c1=O. The van der Waals surface area contributed by atoms with E-state index in [1.54, 1.807) is 29.6 Å². The second-order valence-corrected chi connectivity index (χ2v) is 10.2. The monoisotopic (exact) mass is 523 g/mol. The second kappa shape index (κ2) is 11.2. The van der Waals surface area contributed by atoms with Crippen LogP contribution in [0.4, 0.5) is 15.8 Å². The summed E-state index contributed by atoms with van der Waals surface area (Å²) >= 11 is 1.16. The lowest BCUT2D eigenvalue weighted by Gasteiger charge is -2.24. The fourth-order valence-corrected chi connectivity index (χ4v) is 5.59. The van der Waals surface area contributed by atoms with E-state index in [4.69, 9.17) is 4.99 Å². The van der Waals surface area contributed by atoms with Gasteiger partial charge < -0.3 is 5.32 Å². The molecule has 194 valence electrons. The van der Waals surface area contributed by atoms with Crippen LogP contribution in [0.15, 0.2) is 64.4 Å². The van der Waals surface area contributed by atoms with Crippen LogP contribution in [0.25, 0.3) is 5.69 Å². The Labute approximate surface area is 219 Å². The maximum atomic E-state index is 14.0. The topological polar surface area (TPSA) is 88.7 Å². The predicted octanol–water partition coefficient (Wildman–Crippen LogP) is 4.77. The Kier molecular flexibility index (Phi) is 7.97. The van der Waals surface area contributed by atoms with Crippen LogP contribution < -0.4 is 10.9 Å². The molecule has 0 bridgehead atoms. The largest absolute Gasteiger partial charge is 0.324 e. The molecule has 1 aliphatic rings. The van der Waals surface area contributed by atoms with Crippen molar-refractivity contribution in [1.29, 1.82) is 0 Å². The maximum absolute atomic E-state index is 14.0. The van der Waals surface area contributed by atoms with Gasteiger partial charge in [0.15, 0.2) is 10.9 Å². The van der Waals surface area contributed by atoms with E-state index in [2.05, 4.69) is 5.32 Å². The van der Waals surface area contributed by atoms with E-state index in [1.807, 2.05) is 44.2 Å². The molecule has 1 fully saturated rings. The van der Waals surface area contributed by atoms with E-state index in [-0.39, 0.29) is 35.3 Å². The number of thioether (sulfide) groups is 1. The van der Waals surface area contributed by atoms with Gasteiger partial charge in [0.25, 0.3) is 5.56 Å². The van der Waals surface area contributed by atoms with Gasteiger partial charge in [-0.3, -0.25) is 24.0 Å². The van der Waals surface area contributed by atoms with Crippen LogP contribution in [0, 0.1) is 12.7 Å². The third kappa shape index (κ3) is 5.39. The molecule has 2 unspecified atom stereocenters. The molecule has 1 aliphatic heterocycles. The van der Waals surface area contributed by atoms with Gasteiger partial charge in [0.2, 0.25) is 11.8 Å². The predicted molar refractivity (Wildman–Crippen MR) is 145 cm³/mol. The molecule has 2 atom stereocenters. The summed E-state index contributed by atoms with van der Waals surface area (Å²) in [6.07, 6.45) is 1.45. The van der Waals surface area contributed by atoms with Crippen LogP contribution in [0.1, 0.15) is 38.8 Å². The molecule has 1 N–H and O–H groups in total. The number of hydrogen-bond donors (Lipinski definition) is 1. The van der Waals surface area contributed by atoms with Crippen molar-refractivity contribution in [2.75, 3.05) is 5.32 Å². The fraction of sp³-hybridized carbons (Fsp3) is 0.333. The van der Waals surface area contributed by atoms with Crippen LogP contribution in [-0.4, -0.2) is 42.5 Å². The summed E-state index contributed by atoms with van der Waals surface area (Å²) in [6.45, 7) is 5.76. The molecule has 0 saturated carbocycles. The molecule has 1 aromatic heterocycles. The van der Waals surface area contributed by atoms with Gasteiger partial charge in [0, 0.05) is 19.5 Å². The van der Waals surface area contributed by atoms with E-state index in [1.165, 1.54) is 22.9 Å². The van der Waals surface area contributed by atoms with Gasteiger partial charge in [-0.15, -0.1) is 0 Å². The summed E-state index contributed by atoms with van der Waals surface area (Å²) in [5, 5.41) is 2.20. The number of hydrogen-bond acceptors (Lipinski definition) is 5. The molecular weight excluding hydrogens is 493 g/mol. The van der Waals surface area contributed by atoms with Crippen LogP contribution in [0.2, 0.25) is 0 Å². The lowest BCUT2D eigenvalue weighted by molar-refractivity contribution is -0.129. The zero-order valence-electron chi connectivity index (χ0n) is 21.3. The molecule has 2 amide bonds. The van der Waals surface area contributed by atoms with Crippen molar-refractivity contribution < 1.29 is 14.0 Å². The van der Waals surface area contributed by atoms with Crippen molar-refractivity contribution in [3.8, 4) is 5.69 Å². The Bertz CT molecular complexity index is 1400. The molecule has 0 radical (unpaired) electrons. The first-order valence-corrected chi connectivity index (χ1v) is 13.1. The first-order chi connectivity index (χ1) is 17.7. The average molecular weight is 524 g/mol. The molecule has 10 heteroatoms. The third-order valence-electron chi connectivity index (χ3n) is 6.36. The molecule has 37 heavy (non-hydrogen) atoms.